The van der Waals surface area contributed by atoms with Crippen LogP contribution in [0.4, 0.5) is 4.39 Å². The molecule has 23 heavy (non-hydrogen) atoms. The van der Waals surface area contributed by atoms with Gasteiger partial charge in [-0.25, -0.2) is 4.98 Å². The van der Waals surface area contributed by atoms with E-state index in [1.165, 1.54) is 28.9 Å². The lowest BCUT2D eigenvalue weighted by atomic mass is 9.63. The number of nitrogens with zero attached hydrogens (tertiary/aromatic N) is 3. The van der Waals surface area contributed by atoms with Gasteiger partial charge in [-0.1, -0.05) is 12.5 Å². The van der Waals surface area contributed by atoms with E-state index in [1.807, 2.05) is 0 Å². The Bertz CT molecular complexity index is 681. The second-order valence-corrected chi connectivity index (χ2v) is 8.74. The lowest BCUT2D eigenvalue weighted by molar-refractivity contribution is -0.136. The number of rotatable bonds is 3. The molecule has 1 N–H and O–H groups in total. The van der Waals surface area contributed by atoms with Gasteiger partial charge in [0.05, 0.1) is 0 Å². The van der Waals surface area contributed by atoms with E-state index in [1.54, 1.807) is 12.1 Å². The fourth-order valence-corrected chi connectivity index (χ4v) is 5.15. The predicted molar refractivity (Wildman–Crippen MR) is 83.1 cm³/mol. The van der Waals surface area contributed by atoms with E-state index in [-0.39, 0.29) is 30.5 Å². The second-order valence-electron chi connectivity index (χ2n) is 6.60. The highest BCUT2D eigenvalue weighted by Gasteiger charge is 2.54. The van der Waals surface area contributed by atoms with Crippen LogP contribution in [0.3, 0.4) is 0 Å². The van der Waals surface area contributed by atoms with Crippen molar-refractivity contribution in [2.24, 2.45) is 11.8 Å². The molecule has 3 rings (SSSR count). The normalized spacial score (nSPS) is 32.2. The summed E-state index contributed by atoms with van der Waals surface area (Å²) in [5.74, 6) is -1.33. The average Bonchev–Trinajstić information content (AvgIpc) is 2.46. The Morgan fingerprint density at radius 3 is 2.48 bits per heavy atom. The molecule has 1 aliphatic heterocycles. The van der Waals surface area contributed by atoms with Crippen LogP contribution in [0.25, 0.3) is 0 Å². The van der Waals surface area contributed by atoms with Crippen LogP contribution in [0.1, 0.15) is 24.8 Å². The largest absolute Gasteiger partial charge is 0.384 e. The van der Waals surface area contributed by atoms with Crippen molar-refractivity contribution < 1.29 is 17.9 Å². The summed E-state index contributed by atoms with van der Waals surface area (Å²) in [5.41, 5.74) is -1.16. The summed E-state index contributed by atoms with van der Waals surface area (Å²) in [7, 11) is -0.553. The molecular weight excluding hydrogens is 321 g/mol. The number of hydrogen-bond donors (Lipinski definition) is 1. The first-order valence-corrected chi connectivity index (χ1v) is 9.18. The maximum absolute atomic E-state index is 14.2. The molecule has 1 unspecified atom stereocenters. The van der Waals surface area contributed by atoms with Gasteiger partial charge in [0.2, 0.25) is 5.95 Å². The van der Waals surface area contributed by atoms with E-state index in [9.17, 15) is 17.9 Å². The lowest BCUT2D eigenvalue weighted by Gasteiger charge is -2.52. The molecule has 2 fully saturated rings. The topological polar surface area (TPSA) is 73.7 Å². The molecule has 3 atom stereocenters. The van der Waals surface area contributed by atoms with Gasteiger partial charge in [0.1, 0.15) is 5.60 Å². The van der Waals surface area contributed by atoms with Crippen molar-refractivity contribution in [3.05, 3.63) is 29.8 Å². The molecule has 6 nitrogen and oxygen atoms in total. The zero-order valence-electron chi connectivity index (χ0n) is 13.3. The standard InChI is InChI=1S/C15H22FN3O3S/c1-18(2)23(21,22)19-9-11-5-3-6-12(10-19)15(11,20)13-7-4-8-17-14(13)16/h4,7-8,11-12,20H,3,5-6,9-10H2,1-2H3/t11-,12+,15?. The Morgan fingerprint density at radius 1 is 1.35 bits per heavy atom. The van der Waals surface area contributed by atoms with E-state index < -0.39 is 21.8 Å². The van der Waals surface area contributed by atoms with E-state index in [4.69, 9.17) is 0 Å². The second kappa shape index (κ2) is 5.77. The van der Waals surface area contributed by atoms with Crippen LogP contribution in [0.2, 0.25) is 0 Å². The molecule has 1 aromatic heterocycles. The minimum atomic E-state index is -3.54. The molecule has 0 radical (unpaired) electrons. The molecule has 2 heterocycles. The van der Waals surface area contributed by atoms with Gasteiger partial charge in [-0.2, -0.15) is 21.4 Å². The fraction of sp³-hybridized carbons (Fsp3) is 0.667. The van der Waals surface area contributed by atoms with Crippen LogP contribution < -0.4 is 0 Å². The number of hydrogen-bond acceptors (Lipinski definition) is 4. The van der Waals surface area contributed by atoms with Gasteiger partial charge >= 0.3 is 0 Å². The van der Waals surface area contributed by atoms with Crippen LogP contribution in [0, 0.1) is 17.8 Å². The summed E-state index contributed by atoms with van der Waals surface area (Å²) in [6.07, 6.45) is 3.60. The Balaban J connectivity index is 1.99. The average molecular weight is 343 g/mol. The Hall–Kier alpha value is -1.09. The summed E-state index contributed by atoms with van der Waals surface area (Å²) in [6.45, 7) is 0.393. The lowest BCUT2D eigenvalue weighted by Crippen LogP contribution is -2.60. The van der Waals surface area contributed by atoms with Crippen molar-refractivity contribution in [2.45, 2.75) is 24.9 Å². The molecule has 1 saturated carbocycles. The zero-order valence-corrected chi connectivity index (χ0v) is 14.1. The summed E-state index contributed by atoms with van der Waals surface area (Å²) in [5, 5.41) is 11.3. The van der Waals surface area contributed by atoms with Crippen molar-refractivity contribution >= 4 is 10.2 Å². The number of halogens is 1. The molecule has 2 bridgehead atoms. The highest BCUT2D eigenvalue weighted by Crippen LogP contribution is 2.50. The summed E-state index contributed by atoms with van der Waals surface area (Å²) < 4.78 is 41.6. The summed E-state index contributed by atoms with van der Waals surface area (Å²) in [4.78, 5) is 3.66. The Morgan fingerprint density at radius 2 is 1.96 bits per heavy atom. The highest BCUT2D eigenvalue weighted by molar-refractivity contribution is 7.86. The van der Waals surface area contributed by atoms with Crippen LogP contribution in [-0.2, 0) is 15.8 Å². The summed E-state index contributed by atoms with van der Waals surface area (Å²) in [6, 6.07) is 3.17. The van der Waals surface area contributed by atoms with E-state index in [0.717, 1.165) is 6.42 Å². The van der Waals surface area contributed by atoms with Crippen LogP contribution >= 0.6 is 0 Å². The first-order valence-electron chi connectivity index (χ1n) is 7.79. The molecule has 1 aromatic rings. The maximum atomic E-state index is 14.2. The summed E-state index contributed by atoms with van der Waals surface area (Å²) >= 11 is 0. The SMILES string of the molecule is CN(C)S(=O)(=O)N1C[C@H]2CCC[C@@H](C1)C2(O)c1cccnc1F. The Labute approximate surface area is 136 Å². The predicted octanol–water partition coefficient (Wildman–Crippen LogP) is 0.947. The molecule has 1 aliphatic carbocycles. The smallest absolute Gasteiger partial charge is 0.281 e. The molecule has 0 aromatic carbocycles. The molecule has 8 heteroatoms. The number of aromatic nitrogens is 1. The first-order chi connectivity index (χ1) is 10.8. The molecule has 0 amide bonds. The molecule has 0 spiro atoms. The van der Waals surface area contributed by atoms with Crippen molar-refractivity contribution in [1.82, 2.24) is 13.6 Å². The third-order valence-corrected chi connectivity index (χ3v) is 7.05. The number of pyridine rings is 1. The maximum Gasteiger partial charge on any atom is 0.281 e. The van der Waals surface area contributed by atoms with Gasteiger partial charge < -0.3 is 5.11 Å². The van der Waals surface area contributed by atoms with Gasteiger partial charge in [0.25, 0.3) is 10.2 Å². The first kappa shape index (κ1) is 16.8. The Kier molecular flexibility index (Phi) is 4.20. The monoisotopic (exact) mass is 343 g/mol. The number of fused-ring (bicyclic) bond motifs is 2. The van der Waals surface area contributed by atoms with Gasteiger partial charge in [-0.05, 0) is 18.9 Å². The minimum Gasteiger partial charge on any atom is -0.384 e. The zero-order chi connectivity index (χ0) is 16.8. The van der Waals surface area contributed by atoms with Crippen LogP contribution in [-0.4, -0.2) is 54.3 Å². The van der Waals surface area contributed by atoms with E-state index in [2.05, 4.69) is 4.98 Å². The number of aliphatic hydroxyl groups is 1. The minimum absolute atomic E-state index is 0.191. The van der Waals surface area contributed by atoms with E-state index >= 15 is 0 Å². The highest BCUT2D eigenvalue weighted by atomic mass is 32.2. The van der Waals surface area contributed by atoms with Gasteiger partial charge in [0, 0.05) is 50.8 Å². The van der Waals surface area contributed by atoms with Crippen molar-refractivity contribution in [3.63, 3.8) is 0 Å². The van der Waals surface area contributed by atoms with Crippen molar-refractivity contribution in [2.75, 3.05) is 27.2 Å². The molecule has 128 valence electrons. The molecule has 2 aliphatic rings. The van der Waals surface area contributed by atoms with Gasteiger partial charge in [-0.15, -0.1) is 0 Å². The van der Waals surface area contributed by atoms with E-state index in [0.29, 0.717) is 12.8 Å². The quantitative estimate of drug-likeness (QED) is 0.829. The van der Waals surface area contributed by atoms with Gasteiger partial charge in [0.15, 0.2) is 0 Å². The number of piperidine rings is 1. The van der Waals surface area contributed by atoms with Crippen LogP contribution in [0.15, 0.2) is 18.3 Å². The third-order valence-electron chi connectivity index (χ3n) is 5.18. The molecule has 1 saturated heterocycles. The van der Waals surface area contributed by atoms with Crippen molar-refractivity contribution in [1.29, 1.82) is 0 Å². The third kappa shape index (κ3) is 2.57. The van der Waals surface area contributed by atoms with Crippen molar-refractivity contribution in [3.8, 4) is 0 Å². The molecular formula is C15H22FN3O3S. The van der Waals surface area contributed by atoms with Crippen LogP contribution in [0.5, 0.6) is 0 Å². The van der Waals surface area contributed by atoms with Gasteiger partial charge in [-0.3, -0.25) is 0 Å². The fourth-order valence-electron chi connectivity index (χ4n) is 3.96.